The van der Waals surface area contributed by atoms with Gasteiger partial charge in [0, 0.05) is 13.0 Å². The van der Waals surface area contributed by atoms with Crippen LogP contribution in [0.5, 0.6) is 0 Å². The van der Waals surface area contributed by atoms with Crippen molar-refractivity contribution in [1.82, 2.24) is 25.1 Å². The number of aryl methyl sites for hydroxylation is 3. The Balaban J connectivity index is 1.52. The molecule has 1 aliphatic heterocycles. The van der Waals surface area contributed by atoms with Gasteiger partial charge in [0.2, 0.25) is 5.95 Å². The summed E-state index contributed by atoms with van der Waals surface area (Å²) in [5.41, 5.74) is 0.669. The number of rotatable bonds is 4. The van der Waals surface area contributed by atoms with Gasteiger partial charge < -0.3 is 9.73 Å². The fourth-order valence-electron chi connectivity index (χ4n) is 3.19. The number of hydrogen-bond acceptors (Lipinski definition) is 7. The van der Waals surface area contributed by atoms with Gasteiger partial charge in [-0.05, 0) is 51.9 Å². The largest absolute Gasteiger partial charge is 0.459 e. The molecule has 0 radical (unpaired) electrons. The van der Waals surface area contributed by atoms with Crippen LogP contribution in [0.2, 0.25) is 0 Å². The SMILES string of the molecule is Cc1ccc(-c2nc(C)c(C(=O)Nc3nc(C4CCNCC4)nn3C)s2)o1. The Morgan fingerprint density at radius 2 is 2.07 bits per heavy atom. The molecule has 4 heterocycles. The Hall–Kier alpha value is -2.52. The van der Waals surface area contributed by atoms with E-state index in [4.69, 9.17) is 4.42 Å². The van der Waals surface area contributed by atoms with E-state index in [9.17, 15) is 4.79 Å². The van der Waals surface area contributed by atoms with Gasteiger partial charge in [-0.3, -0.25) is 10.1 Å². The highest BCUT2D eigenvalue weighted by Crippen LogP contribution is 2.30. The van der Waals surface area contributed by atoms with Gasteiger partial charge in [0.1, 0.15) is 10.6 Å². The van der Waals surface area contributed by atoms with Crippen molar-refractivity contribution >= 4 is 23.2 Å². The van der Waals surface area contributed by atoms with E-state index in [2.05, 4.69) is 25.7 Å². The summed E-state index contributed by atoms with van der Waals surface area (Å²) in [6, 6.07) is 3.75. The van der Waals surface area contributed by atoms with Crippen LogP contribution in [-0.4, -0.2) is 38.7 Å². The molecular formula is C18H22N6O2S. The number of anilines is 1. The third-order valence-electron chi connectivity index (χ3n) is 4.66. The maximum absolute atomic E-state index is 12.8. The summed E-state index contributed by atoms with van der Waals surface area (Å²) >= 11 is 1.31. The summed E-state index contributed by atoms with van der Waals surface area (Å²) < 4.78 is 7.24. The molecule has 2 N–H and O–H groups in total. The number of thiazole rings is 1. The van der Waals surface area contributed by atoms with Crippen molar-refractivity contribution in [1.29, 1.82) is 0 Å². The van der Waals surface area contributed by atoms with Crippen LogP contribution in [0.15, 0.2) is 16.5 Å². The Bertz CT molecular complexity index is 967. The van der Waals surface area contributed by atoms with Gasteiger partial charge in [0.05, 0.1) is 5.69 Å². The van der Waals surface area contributed by atoms with Crippen molar-refractivity contribution in [3.63, 3.8) is 0 Å². The van der Waals surface area contributed by atoms with Gasteiger partial charge in [0.25, 0.3) is 5.91 Å². The molecule has 3 aromatic rings. The van der Waals surface area contributed by atoms with Crippen molar-refractivity contribution in [3.05, 3.63) is 34.3 Å². The van der Waals surface area contributed by atoms with Crippen molar-refractivity contribution in [2.75, 3.05) is 18.4 Å². The number of piperidine rings is 1. The lowest BCUT2D eigenvalue weighted by Gasteiger charge is -2.19. The molecule has 0 aliphatic carbocycles. The first-order chi connectivity index (χ1) is 13.0. The van der Waals surface area contributed by atoms with Crippen LogP contribution in [0.25, 0.3) is 10.8 Å². The normalized spacial score (nSPS) is 15.2. The first-order valence-corrected chi connectivity index (χ1v) is 9.80. The Morgan fingerprint density at radius 1 is 1.30 bits per heavy atom. The van der Waals surface area contributed by atoms with Gasteiger partial charge in [0.15, 0.2) is 16.6 Å². The lowest BCUT2D eigenvalue weighted by Crippen LogP contribution is -2.27. The number of amides is 1. The van der Waals surface area contributed by atoms with Crippen LogP contribution in [0.4, 0.5) is 5.95 Å². The number of nitrogens with zero attached hydrogens (tertiary/aromatic N) is 4. The van der Waals surface area contributed by atoms with E-state index in [-0.39, 0.29) is 5.91 Å². The predicted molar refractivity (Wildman–Crippen MR) is 103 cm³/mol. The molecule has 4 rings (SSSR count). The van der Waals surface area contributed by atoms with E-state index in [1.54, 1.807) is 11.7 Å². The topological polar surface area (TPSA) is 97.9 Å². The van der Waals surface area contributed by atoms with E-state index in [1.807, 2.05) is 26.0 Å². The molecule has 27 heavy (non-hydrogen) atoms. The second kappa shape index (κ2) is 7.24. The van der Waals surface area contributed by atoms with E-state index in [0.717, 1.165) is 37.5 Å². The number of nitrogens with one attached hydrogen (secondary N) is 2. The highest BCUT2D eigenvalue weighted by atomic mass is 32.1. The second-order valence-electron chi connectivity index (χ2n) is 6.74. The minimum absolute atomic E-state index is 0.230. The molecule has 1 amide bonds. The molecule has 0 unspecified atom stereocenters. The summed E-state index contributed by atoms with van der Waals surface area (Å²) in [4.78, 5) is 22.3. The number of carbonyl (C=O) groups is 1. The molecule has 0 atom stereocenters. The van der Waals surface area contributed by atoms with Crippen molar-refractivity contribution < 1.29 is 9.21 Å². The molecule has 1 aliphatic rings. The molecule has 1 fully saturated rings. The smallest absolute Gasteiger partial charge is 0.270 e. The lowest BCUT2D eigenvalue weighted by molar-refractivity contribution is 0.102. The van der Waals surface area contributed by atoms with Crippen LogP contribution in [0.1, 0.15) is 45.7 Å². The van der Waals surface area contributed by atoms with Crippen LogP contribution >= 0.6 is 11.3 Å². The van der Waals surface area contributed by atoms with Crippen LogP contribution in [0.3, 0.4) is 0 Å². The maximum atomic E-state index is 12.8. The van der Waals surface area contributed by atoms with Gasteiger partial charge in [-0.15, -0.1) is 11.3 Å². The number of furan rings is 1. The van der Waals surface area contributed by atoms with Crippen molar-refractivity contribution in [3.8, 4) is 10.8 Å². The van der Waals surface area contributed by atoms with E-state index in [0.29, 0.717) is 33.2 Å². The summed E-state index contributed by atoms with van der Waals surface area (Å²) in [6.07, 6.45) is 2.02. The average Bonchev–Trinajstić information content (AvgIpc) is 3.35. The molecule has 1 saturated heterocycles. The molecule has 9 heteroatoms. The maximum Gasteiger partial charge on any atom is 0.270 e. The quantitative estimate of drug-likeness (QED) is 0.715. The molecule has 0 saturated carbocycles. The van der Waals surface area contributed by atoms with E-state index >= 15 is 0 Å². The summed E-state index contributed by atoms with van der Waals surface area (Å²) in [7, 11) is 1.80. The zero-order valence-electron chi connectivity index (χ0n) is 15.6. The second-order valence-corrected chi connectivity index (χ2v) is 7.74. The van der Waals surface area contributed by atoms with Gasteiger partial charge >= 0.3 is 0 Å². The fraction of sp³-hybridized carbons (Fsp3) is 0.444. The Morgan fingerprint density at radius 3 is 2.78 bits per heavy atom. The zero-order chi connectivity index (χ0) is 19.0. The Kier molecular flexibility index (Phi) is 4.79. The van der Waals surface area contributed by atoms with Crippen molar-refractivity contribution in [2.24, 2.45) is 7.05 Å². The zero-order valence-corrected chi connectivity index (χ0v) is 16.4. The fourth-order valence-corrected chi connectivity index (χ4v) is 4.11. The molecule has 142 valence electrons. The highest BCUT2D eigenvalue weighted by Gasteiger charge is 2.23. The molecular weight excluding hydrogens is 364 g/mol. The summed E-state index contributed by atoms with van der Waals surface area (Å²) in [6.45, 7) is 5.65. The third kappa shape index (κ3) is 3.65. The molecule has 0 bridgehead atoms. The predicted octanol–water partition coefficient (Wildman–Crippen LogP) is 2.87. The minimum Gasteiger partial charge on any atom is -0.459 e. The first-order valence-electron chi connectivity index (χ1n) is 8.98. The van der Waals surface area contributed by atoms with Gasteiger partial charge in [-0.25, -0.2) is 9.67 Å². The van der Waals surface area contributed by atoms with Gasteiger partial charge in [-0.2, -0.15) is 10.1 Å². The minimum atomic E-state index is -0.230. The molecule has 0 spiro atoms. The highest BCUT2D eigenvalue weighted by molar-refractivity contribution is 7.17. The molecule has 8 nitrogen and oxygen atoms in total. The average molecular weight is 386 g/mol. The standard InChI is InChI=1S/C18H22N6O2S/c1-10-4-5-13(26-10)17-20-11(2)14(27-17)16(25)22-18-21-15(23-24(18)3)12-6-8-19-9-7-12/h4-5,12,19H,6-9H2,1-3H3,(H,21,22,23,25). The van der Waals surface area contributed by atoms with E-state index in [1.165, 1.54) is 11.3 Å². The summed E-state index contributed by atoms with van der Waals surface area (Å²) in [5, 5.41) is 11.4. The lowest BCUT2D eigenvalue weighted by atomic mass is 9.98. The number of carbonyl (C=O) groups excluding carboxylic acids is 1. The van der Waals surface area contributed by atoms with Crippen molar-refractivity contribution in [2.45, 2.75) is 32.6 Å². The third-order valence-corrected chi connectivity index (χ3v) is 5.83. The Labute approximate surface area is 161 Å². The molecule has 0 aromatic carbocycles. The molecule has 3 aromatic heterocycles. The first kappa shape index (κ1) is 17.9. The number of hydrogen-bond donors (Lipinski definition) is 2. The van der Waals surface area contributed by atoms with Crippen LogP contribution in [-0.2, 0) is 7.05 Å². The van der Waals surface area contributed by atoms with E-state index < -0.39 is 0 Å². The van der Waals surface area contributed by atoms with Gasteiger partial charge in [-0.1, -0.05) is 0 Å². The van der Waals surface area contributed by atoms with Crippen LogP contribution < -0.4 is 10.6 Å². The van der Waals surface area contributed by atoms with Crippen LogP contribution in [0, 0.1) is 13.8 Å². The number of aromatic nitrogens is 4. The monoisotopic (exact) mass is 386 g/mol. The summed E-state index contributed by atoms with van der Waals surface area (Å²) in [5.74, 6) is 2.84.